The minimum absolute atomic E-state index is 0.0657. The summed E-state index contributed by atoms with van der Waals surface area (Å²) in [7, 11) is 0. The Morgan fingerprint density at radius 2 is 1.55 bits per heavy atom. The van der Waals surface area contributed by atoms with E-state index < -0.39 is 6.51 Å². The van der Waals surface area contributed by atoms with Crippen molar-refractivity contribution < 1.29 is 10.9 Å². The Kier molecular flexibility index (Phi) is 0.295. The Balaban J connectivity index is 1.41. The van der Waals surface area contributed by atoms with Crippen LogP contribution in [0.2, 0.25) is 43.3 Å². The number of rotatable bonds is 1. The van der Waals surface area contributed by atoms with Crippen LogP contribution in [0, 0.1) is 0 Å². The van der Waals surface area contributed by atoms with E-state index in [1.807, 2.05) is 12.1 Å². The molecule has 10 fully saturated rings. The van der Waals surface area contributed by atoms with Crippen molar-refractivity contribution in [1.82, 2.24) is 0 Å². The molecule has 4 unspecified atom stereocenters. The molecule has 0 amide bonds. The van der Waals surface area contributed by atoms with Crippen LogP contribution in [0.3, 0.4) is 0 Å². The van der Waals surface area contributed by atoms with Gasteiger partial charge in [-0.2, -0.15) is 0 Å². The molecule has 1 aromatic carbocycles. The zero-order valence-corrected chi connectivity index (χ0v) is 12.9. The van der Waals surface area contributed by atoms with Gasteiger partial charge in [-0.05, 0) is 0 Å². The normalized spacial score (nSPS) is 94.8. The van der Waals surface area contributed by atoms with Crippen LogP contribution in [-0.4, -0.2) is 0 Å². The summed E-state index contributed by atoms with van der Waals surface area (Å²) in [5.41, 5.74) is -0.0657. The van der Waals surface area contributed by atoms with E-state index in [0.29, 0.717) is 4.31 Å². The fourth-order valence-electron chi connectivity index (χ4n) is 18.2. The number of hydrogen-bond donors (Lipinski definition) is 0. The van der Waals surface area contributed by atoms with E-state index in [9.17, 15) is 4.79 Å². The summed E-state index contributed by atoms with van der Waals surface area (Å²) in [6.45, 7) is -3.20. The molecule has 11 heterocycles. The van der Waals surface area contributed by atoms with Crippen LogP contribution in [0.5, 0.6) is 0 Å². The topological polar surface area (TPSA) is 30.2 Å². The fraction of sp³-hybridized carbons (Fsp3) is 0.526. The zero-order valence-electron chi connectivity index (χ0n) is 11.8. The predicted octanol–water partition coefficient (Wildman–Crippen LogP) is 4.59. The minimum atomic E-state index is -3.20. The van der Waals surface area contributed by atoms with Gasteiger partial charge in [0.05, 0.1) is 0 Å². The maximum absolute atomic E-state index is 12.6. The SMILES string of the molecule is O=c1oc([C]23[CH]4[CH]5[CH]6[CH]2[Fe]56432789[CH]3[CH]2[CH]7[CH]8[CH]39)cc2ccccc12. The molecule has 110 valence electrons. The molecule has 3 heteroatoms. The predicted molar refractivity (Wildman–Crippen MR) is 77.9 cm³/mol. The first kappa shape index (κ1) is 8.17. The molecule has 2 nitrogen and oxygen atoms in total. The van der Waals surface area contributed by atoms with Gasteiger partial charge in [0, 0.05) is 0 Å². The summed E-state index contributed by atoms with van der Waals surface area (Å²) in [6, 6.07) is 10.4. The van der Waals surface area contributed by atoms with Crippen molar-refractivity contribution in [3.63, 3.8) is 0 Å². The summed E-state index contributed by atoms with van der Waals surface area (Å²) in [6.07, 6.45) is 0. The summed E-state index contributed by atoms with van der Waals surface area (Å²) in [5, 5.41) is 1.91. The van der Waals surface area contributed by atoms with Crippen LogP contribution in [0.1, 0.15) is 5.76 Å². The molecule has 4 atom stereocenters. The molecule has 2 aromatic rings. The van der Waals surface area contributed by atoms with Crippen molar-refractivity contribution in [2.24, 2.45) is 0 Å². The Labute approximate surface area is 116 Å². The number of benzene rings is 1. The number of fused-ring (bicyclic) bond motifs is 11. The van der Waals surface area contributed by atoms with Crippen molar-refractivity contribution in [3.8, 4) is 0 Å². The Hall–Kier alpha value is -1.05. The van der Waals surface area contributed by atoms with Crippen LogP contribution in [0.4, 0.5) is 0 Å². The summed E-state index contributed by atoms with van der Waals surface area (Å²) in [5.74, 6) is 1.21. The molecule has 10 aliphatic heterocycles. The molecular weight excluding hydrogens is 316 g/mol. The monoisotopic (exact) mass is 330 g/mol. The van der Waals surface area contributed by atoms with Gasteiger partial charge in [-0.25, -0.2) is 0 Å². The molecule has 12 rings (SSSR count). The molecule has 0 aliphatic carbocycles. The van der Waals surface area contributed by atoms with Gasteiger partial charge >= 0.3 is 116 Å². The Bertz CT molecular complexity index is 1460. The van der Waals surface area contributed by atoms with Gasteiger partial charge in [-0.3, -0.25) is 0 Å². The average Bonchev–Trinajstić information content (AvgIpc) is 3.46. The molecule has 0 saturated carbocycles. The third kappa shape index (κ3) is 0.105. The molecule has 10 saturated heterocycles. The van der Waals surface area contributed by atoms with E-state index in [2.05, 4.69) is 18.2 Å². The molecule has 10 aliphatic rings. The average molecular weight is 330 g/mol. The van der Waals surface area contributed by atoms with E-state index in [-0.39, 0.29) is 5.63 Å². The van der Waals surface area contributed by atoms with E-state index in [4.69, 9.17) is 4.42 Å². The molecule has 0 bridgehead atoms. The van der Waals surface area contributed by atoms with Crippen LogP contribution >= 0.6 is 0 Å². The first-order valence-electron chi connectivity index (χ1n) is 8.77. The van der Waals surface area contributed by atoms with E-state index in [1.54, 1.807) is 0 Å². The van der Waals surface area contributed by atoms with Gasteiger partial charge in [0.15, 0.2) is 0 Å². The molecule has 1 aromatic heterocycles. The third-order valence-corrected chi connectivity index (χ3v) is 59.0. The summed E-state index contributed by atoms with van der Waals surface area (Å²) >= 11 is 0. The summed E-state index contributed by atoms with van der Waals surface area (Å²) in [4.78, 5) is 23.9. The van der Waals surface area contributed by atoms with Crippen molar-refractivity contribution in [2.45, 2.75) is 47.7 Å². The van der Waals surface area contributed by atoms with Crippen molar-refractivity contribution in [3.05, 3.63) is 46.5 Å². The van der Waals surface area contributed by atoms with E-state index in [1.165, 1.54) is 39.5 Å². The number of hydrogen-bond acceptors (Lipinski definition) is 2. The second-order valence-electron chi connectivity index (χ2n) is 12.2. The molecule has 22 heavy (non-hydrogen) atoms. The van der Waals surface area contributed by atoms with Crippen LogP contribution in [0.25, 0.3) is 10.8 Å². The van der Waals surface area contributed by atoms with Crippen molar-refractivity contribution >= 4 is 10.8 Å². The van der Waals surface area contributed by atoms with Crippen LogP contribution in [-0.2, 0) is 10.8 Å². The van der Waals surface area contributed by atoms with Gasteiger partial charge in [-0.15, -0.1) is 0 Å². The summed E-state index contributed by atoms with van der Waals surface area (Å²) < 4.78 is 6.65. The molecular formula is C19H14FeO2. The van der Waals surface area contributed by atoms with Crippen LogP contribution in [0.15, 0.2) is 39.5 Å². The van der Waals surface area contributed by atoms with Crippen molar-refractivity contribution in [2.75, 3.05) is 0 Å². The zero-order chi connectivity index (χ0) is 13.6. The second-order valence-corrected chi connectivity index (χ2v) is 35.7. The van der Waals surface area contributed by atoms with E-state index >= 15 is 0 Å². The first-order valence-corrected chi connectivity index (χ1v) is 15.1. The molecule has 0 N–H and O–H groups in total. The quantitative estimate of drug-likeness (QED) is 0.716. The van der Waals surface area contributed by atoms with E-state index in [0.717, 1.165) is 20.4 Å². The second kappa shape index (κ2) is 0.795. The standard InChI is InChI=1S/C14H9O2.C5H5.Fe/c15-14-12-8-4-3-7-11(12)9-13(16-14)10-5-1-2-6-10;1-2-4-5-3-1;/h1-9H;1-5H;. The fourth-order valence-corrected chi connectivity index (χ4v) is 92.1. The van der Waals surface area contributed by atoms with Gasteiger partial charge in [0.25, 0.3) is 0 Å². The van der Waals surface area contributed by atoms with Gasteiger partial charge < -0.3 is 0 Å². The third-order valence-electron chi connectivity index (χ3n) is 16.7. The first-order chi connectivity index (χ1) is 10.5. The van der Waals surface area contributed by atoms with Crippen LogP contribution < -0.4 is 5.63 Å². The van der Waals surface area contributed by atoms with Crippen molar-refractivity contribution in [1.29, 1.82) is 0 Å². The van der Waals surface area contributed by atoms with Gasteiger partial charge in [-0.1, -0.05) is 0 Å². The Morgan fingerprint density at radius 1 is 0.909 bits per heavy atom. The molecule has 0 radical (unpaired) electrons. The Morgan fingerprint density at radius 3 is 2.09 bits per heavy atom. The van der Waals surface area contributed by atoms with Gasteiger partial charge in [0.1, 0.15) is 0 Å². The van der Waals surface area contributed by atoms with Gasteiger partial charge in [0.2, 0.25) is 0 Å². The maximum atomic E-state index is 12.6. The molecule has 1 spiro atoms.